The van der Waals surface area contributed by atoms with E-state index in [4.69, 9.17) is 4.74 Å². The lowest BCUT2D eigenvalue weighted by Crippen LogP contribution is -2.46. The second-order valence-electron chi connectivity index (χ2n) is 3.95. The Morgan fingerprint density at radius 3 is 2.21 bits per heavy atom. The maximum Gasteiger partial charge on any atom is 0.323 e. The van der Waals surface area contributed by atoms with Gasteiger partial charge >= 0.3 is 5.97 Å². The van der Waals surface area contributed by atoms with Crippen LogP contribution in [-0.4, -0.2) is 24.7 Å². The molecule has 2 unspecified atom stereocenters. The first-order valence-corrected chi connectivity index (χ1v) is 5.45. The van der Waals surface area contributed by atoms with Crippen molar-refractivity contribution in [2.75, 3.05) is 6.61 Å². The first kappa shape index (κ1) is 13.4. The minimum absolute atomic E-state index is 0.136. The molecule has 1 N–H and O–H groups in total. The van der Waals surface area contributed by atoms with Crippen LogP contribution in [0.5, 0.6) is 0 Å². The predicted octanol–water partition coefficient (Wildman–Crippen LogP) is 1.96. The van der Waals surface area contributed by atoms with E-state index >= 15 is 0 Å². The summed E-state index contributed by atoms with van der Waals surface area (Å²) in [6.07, 6.45) is 1.02. The van der Waals surface area contributed by atoms with Crippen molar-refractivity contribution >= 4 is 5.97 Å². The van der Waals surface area contributed by atoms with Gasteiger partial charge in [0.05, 0.1) is 6.61 Å². The fourth-order valence-corrected chi connectivity index (χ4v) is 1.19. The average Bonchev–Trinajstić information content (AvgIpc) is 2.13. The van der Waals surface area contributed by atoms with Gasteiger partial charge in [-0.15, -0.1) is 0 Å². The number of rotatable bonds is 6. The molecule has 0 spiro atoms. The fraction of sp³-hybridized carbons (Fsp3) is 0.909. The highest BCUT2D eigenvalue weighted by Crippen LogP contribution is 2.06. The van der Waals surface area contributed by atoms with E-state index in [-0.39, 0.29) is 17.9 Å². The summed E-state index contributed by atoms with van der Waals surface area (Å²) < 4.78 is 5.01. The number of nitrogens with one attached hydrogen (secondary N) is 1. The molecular formula is C11H23NO2. The molecule has 0 aliphatic rings. The molecule has 0 radical (unpaired) electrons. The van der Waals surface area contributed by atoms with E-state index in [0.717, 1.165) is 6.42 Å². The molecule has 3 heteroatoms. The maximum atomic E-state index is 11.6. The monoisotopic (exact) mass is 201 g/mol. The van der Waals surface area contributed by atoms with Gasteiger partial charge in [-0.3, -0.25) is 4.79 Å². The Kier molecular flexibility index (Phi) is 6.54. The molecular weight excluding hydrogens is 178 g/mol. The van der Waals surface area contributed by atoms with Crippen LogP contribution < -0.4 is 5.32 Å². The highest BCUT2D eigenvalue weighted by molar-refractivity contribution is 5.76. The molecule has 0 rings (SSSR count). The van der Waals surface area contributed by atoms with Crippen molar-refractivity contribution in [1.29, 1.82) is 0 Å². The van der Waals surface area contributed by atoms with Crippen molar-refractivity contribution in [1.82, 2.24) is 5.32 Å². The normalized spacial score (nSPS) is 15.3. The zero-order chi connectivity index (χ0) is 11.1. The predicted molar refractivity (Wildman–Crippen MR) is 58.1 cm³/mol. The minimum atomic E-state index is -0.176. The summed E-state index contributed by atoms with van der Waals surface area (Å²) >= 11 is 0. The summed E-state index contributed by atoms with van der Waals surface area (Å²) in [5.41, 5.74) is 0. The molecule has 0 fully saturated rings. The molecule has 0 bridgehead atoms. The number of hydrogen-bond acceptors (Lipinski definition) is 3. The Balaban J connectivity index is 4.21. The van der Waals surface area contributed by atoms with Gasteiger partial charge in [-0.2, -0.15) is 0 Å². The zero-order valence-corrected chi connectivity index (χ0v) is 9.96. The lowest BCUT2D eigenvalue weighted by molar-refractivity contribution is -0.147. The Hall–Kier alpha value is -0.570. The Morgan fingerprint density at radius 2 is 1.86 bits per heavy atom. The third-order valence-electron chi connectivity index (χ3n) is 2.28. The van der Waals surface area contributed by atoms with Crippen molar-refractivity contribution in [2.24, 2.45) is 5.92 Å². The van der Waals surface area contributed by atoms with Gasteiger partial charge < -0.3 is 10.1 Å². The van der Waals surface area contributed by atoms with Crippen LogP contribution in [0.1, 0.15) is 41.0 Å². The molecule has 0 aliphatic carbocycles. The topological polar surface area (TPSA) is 38.3 Å². The quantitative estimate of drug-likeness (QED) is 0.668. The van der Waals surface area contributed by atoms with Crippen LogP contribution in [0.15, 0.2) is 0 Å². The highest BCUT2D eigenvalue weighted by atomic mass is 16.5. The smallest absolute Gasteiger partial charge is 0.323 e. The molecule has 0 saturated heterocycles. The third kappa shape index (κ3) is 4.61. The molecule has 0 amide bonds. The van der Waals surface area contributed by atoms with Crippen molar-refractivity contribution < 1.29 is 9.53 Å². The molecule has 0 aromatic heterocycles. The lowest BCUT2D eigenvalue weighted by atomic mass is 10.0. The Labute approximate surface area is 87.2 Å². The maximum absolute atomic E-state index is 11.6. The summed E-state index contributed by atoms with van der Waals surface area (Å²) in [6, 6.07) is 0.178. The zero-order valence-electron chi connectivity index (χ0n) is 9.96. The van der Waals surface area contributed by atoms with E-state index in [0.29, 0.717) is 12.6 Å². The first-order valence-electron chi connectivity index (χ1n) is 5.45. The largest absolute Gasteiger partial charge is 0.465 e. The molecule has 0 saturated carbocycles. The van der Waals surface area contributed by atoms with Crippen molar-refractivity contribution in [3.8, 4) is 0 Å². The molecule has 14 heavy (non-hydrogen) atoms. The van der Waals surface area contributed by atoms with Gasteiger partial charge in [0, 0.05) is 6.04 Å². The Bertz CT molecular complexity index is 169. The van der Waals surface area contributed by atoms with Crippen molar-refractivity contribution in [2.45, 2.75) is 53.1 Å². The van der Waals surface area contributed by atoms with Crippen LogP contribution in [-0.2, 0) is 9.53 Å². The summed E-state index contributed by atoms with van der Waals surface area (Å²) in [7, 11) is 0. The number of carbonyl (C=O) groups excluding carboxylic acids is 1. The van der Waals surface area contributed by atoms with Crippen LogP contribution >= 0.6 is 0 Å². The summed E-state index contributed by atoms with van der Waals surface area (Å²) in [5, 5.41) is 3.28. The summed E-state index contributed by atoms with van der Waals surface area (Å²) in [5.74, 6) is 0.130. The van der Waals surface area contributed by atoms with Gasteiger partial charge in [0.25, 0.3) is 0 Å². The van der Waals surface area contributed by atoms with Crippen molar-refractivity contribution in [3.05, 3.63) is 0 Å². The third-order valence-corrected chi connectivity index (χ3v) is 2.28. The Morgan fingerprint density at radius 1 is 1.29 bits per heavy atom. The SMILES string of the molecule is CCOC(=O)C(NC(C)CC)C(C)C. The van der Waals surface area contributed by atoms with Crippen LogP contribution in [0.25, 0.3) is 0 Å². The van der Waals surface area contributed by atoms with Gasteiger partial charge in [0.15, 0.2) is 0 Å². The molecule has 3 nitrogen and oxygen atoms in total. The fourth-order valence-electron chi connectivity index (χ4n) is 1.19. The van der Waals surface area contributed by atoms with Gasteiger partial charge in [-0.05, 0) is 26.2 Å². The van der Waals surface area contributed by atoms with E-state index in [2.05, 4.69) is 19.2 Å². The van der Waals surface area contributed by atoms with Crippen LogP contribution in [0.2, 0.25) is 0 Å². The second kappa shape index (κ2) is 6.82. The molecule has 84 valence electrons. The molecule has 2 atom stereocenters. The average molecular weight is 201 g/mol. The van der Waals surface area contributed by atoms with Crippen LogP contribution in [0, 0.1) is 5.92 Å². The molecule has 0 aliphatic heterocycles. The molecule has 0 aromatic rings. The van der Waals surface area contributed by atoms with Gasteiger partial charge in [-0.25, -0.2) is 0 Å². The van der Waals surface area contributed by atoms with Crippen LogP contribution in [0.3, 0.4) is 0 Å². The number of hydrogen-bond donors (Lipinski definition) is 1. The second-order valence-corrected chi connectivity index (χ2v) is 3.95. The summed E-state index contributed by atoms with van der Waals surface area (Å²) in [4.78, 5) is 11.6. The van der Waals surface area contributed by atoms with E-state index < -0.39 is 0 Å². The number of ether oxygens (including phenoxy) is 1. The molecule has 0 aromatic carbocycles. The number of carbonyl (C=O) groups is 1. The summed E-state index contributed by atoms with van der Waals surface area (Å²) in [6.45, 7) is 10.5. The lowest BCUT2D eigenvalue weighted by Gasteiger charge is -2.23. The van der Waals surface area contributed by atoms with Crippen LogP contribution in [0.4, 0.5) is 0 Å². The highest BCUT2D eigenvalue weighted by Gasteiger charge is 2.24. The first-order chi connectivity index (χ1) is 6.52. The van der Waals surface area contributed by atoms with E-state index in [1.165, 1.54) is 0 Å². The van der Waals surface area contributed by atoms with E-state index in [1.54, 1.807) is 0 Å². The van der Waals surface area contributed by atoms with Gasteiger partial charge in [0.2, 0.25) is 0 Å². The number of esters is 1. The van der Waals surface area contributed by atoms with E-state index in [9.17, 15) is 4.79 Å². The van der Waals surface area contributed by atoms with Gasteiger partial charge in [0.1, 0.15) is 6.04 Å². The minimum Gasteiger partial charge on any atom is -0.465 e. The standard InChI is InChI=1S/C11H23NO2/c1-6-9(5)12-10(8(3)4)11(13)14-7-2/h8-10,12H,6-7H2,1-5H3. The van der Waals surface area contributed by atoms with Gasteiger partial charge in [-0.1, -0.05) is 20.8 Å². The van der Waals surface area contributed by atoms with E-state index in [1.807, 2.05) is 20.8 Å². The molecule has 0 heterocycles. The van der Waals surface area contributed by atoms with Crippen molar-refractivity contribution in [3.63, 3.8) is 0 Å².